The van der Waals surface area contributed by atoms with Gasteiger partial charge in [0.25, 0.3) is 5.69 Å². The molecule has 0 bridgehead atoms. The fraction of sp³-hybridized carbons (Fsp3) is 0.571. The number of rotatable bonds is 6. The summed E-state index contributed by atoms with van der Waals surface area (Å²) in [5, 5.41) is 14.2. The summed E-state index contributed by atoms with van der Waals surface area (Å²) in [4.78, 5) is 10.7. The molecule has 0 fully saturated rings. The minimum absolute atomic E-state index is 0.158. The van der Waals surface area contributed by atoms with Gasteiger partial charge in [-0.2, -0.15) is 0 Å². The van der Waals surface area contributed by atoms with E-state index in [0.717, 1.165) is 18.4 Å². The number of benzene rings is 1. The van der Waals surface area contributed by atoms with E-state index < -0.39 is 0 Å². The molecule has 100 valence electrons. The molecule has 18 heavy (non-hydrogen) atoms. The number of hydrogen-bond donors (Lipinski definition) is 1. The molecule has 0 aromatic heterocycles. The molecule has 4 heteroatoms. The lowest BCUT2D eigenvalue weighted by molar-refractivity contribution is -0.384. The zero-order chi connectivity index (χ0) is 13.7. The molecule has 0 aliphatic rings. The number of nitrogens with one attached hydrogen (secondary N) is 1. The summed E-state index contributed by atoms with van der Waals surface area (Å²) in [6.07, 6.45) is 2.14. The molecule has 0 saturated heterocycles. The first-order valence-corrected chi connectivity index (χ1v) is 6.45. The van der Waals surface area contributed by atoms with Gasteiger partial charge in [-0.1, -0.05) is 26.3 Å². The second kappa shape index (κ2) is 6.38. The highest BCUT2D eigenvalue weighted by Crippen LogP contribution is 2.26. The highest BCUT2D eigenvalue weighted by Gasteiger charge is 2.16. The second-order valence-corrected chi connectivity index (χ2v) is 5.07. The van der Waals surface area contributed by atoms with Gasteiger partial charge in [-0.05, 0) is 37.8 Å². The van der Waals surface area contributed by atoms with E-state index in [-0.39, 0.29) is 16.7 Å². The topological polar surface area (TPSA) is 55.2 Å². The minimum Gasteiger partial charge on any atom is -0.377 e. The van der Waals surface area contributed by atoms with Crippen LogP contribution in [0.2, 0.25) is 0 Å². The van der Waals surface area contributed by atoms with Crippen molar-refractivity contribution in [2.75, 3.05) is 5.32 Å². The molecule has 2 atom stereocenters. The normalized spacial score (nSPS) is 14.0. The van der Waals surface area contributed by atoms with E-state index in [1.807, 2.05) is 13.0 Å². The highest BCUT2D eigenvalue weighted by molar-refractivity contribution is 5.62. The number of nitro benzene ring substituents is 1. The summed E-state index contributed by atoms with van der Waals surface area (Å²) in [5.74, 6) is 0.622. The molecule has 0 saturated carbocycles. The van der Waals surface area contributed by atoms with Gasteiger partial charge >= 0.3 is 0 Å². The van der Waals surface area contributed by atoms with Crippen molar-refractivity contribution in [2.24, 2.45) is 5.92 Å². The highest BCUT2D eigenvalue weighted by atomic mass is 16.6. The van der Waals surface area contributed by atoms with Crippen molar-refractivity contribution in [3.63, 3.8) is 0 Å². The van der Waals surface area contributed by atoms with Crippen LogP contribution in [0.3, 0.4) is 0 Å². The van der Waals surface area contributed by atoms with E-state index in [4.69, 9.17) is 0 Å². The van der Waals surface area contributed by atoms with E-state index >= 15 is 0 Å². The van der Waals surface area contributed by atoms with Crippen molar-refractivity contribution >= 4 is 11.4 Å². The molecule has 1 aromatic rings. The van der Waals surface area contributed by atoms with Gasteiger partial charge in [0.15, 0.2) is 0 Å². The number of aryl methyl sites for hydroxylation is 1. The third-order valence-electron chi connectivity index (χ3n) is 3.20. The third kappa shape index (κ3) is 4.02. The Kier molecular flexibility index (Phi) is 5.13. The largest absolute Gasteiger partial charge is 0.377 e. The third-order valence-corrected chi connectivity index (χ3v) is 3.20. The van der Waals surface area contributed by atoms with Crippen LogP contribution < -0.4 is 5.32 Å². The van der Waals surface area contributed by atoms with E-state index in [2.05, 4.69) is 26.1 Å². The Labute approximate surface area is 109 Å². The first-order chi connectivity index (χ1) is 8.43. The van der Waals surface area contributed by atoms with Gasteiger partial charge in [-0.25, -0.2) is 0 Å². The lowest BCUT2D eigenvalue weighted by Gasteiger charge is -2.18. The minimum atomic E-state index is -0.328. The molecule has 1 N–H and O–H groups in total. The fourth-order valence-corrected chi connectivity index (χ4v) is 2.01. The summed E-state index contributed by atoms with van der Waals surface area (Å²) in [6.45, 7) is 8.28. The Hall–Kier alpha value is -1.58. The Balaban J connectivity index is 2.80. The van der Waals surface area contributed by atoms with Crippen molar-refractivity contribution < 1.29 is 4.92 Å². The summed E-state index contributed by atoms with van der Waals surface area (Å²) in [7, 11) is 0. The van der Waals surface area contributed by atoms with Crippen LogP contribution in [-0.4, -0.2) is 11.0 Å². The van der Waals surface area contributed by atoms with Crippen molar-refractivity contribution in [2.45, 2.75) is 46.6 Å². The molecule has 4 nitrogen and oxygen atoms in total. The van der Waals surface area contributed by atoms with Gasteiger partial charge in [0.05, 0.1) is 4.92 Å². The quantitative estimate of drug-likeness (QED) is 0.609. The van der Waals surface area contributed by atoms with Gasteiger partial charge in [0, 0.05) is 12.1 Å². The first-order valence-electron chi connectivity index (χ1n) is 6.45. The molecular weight excluding hydrogens is 228 g/mol. The molecule has 0 heterocycles. The van der Waals surface area contributed by atoms with Crippen molar-refractivity contribution in [1.29, 1.82) is 0 Å². The average molecular weight is 250 g/mol. The molecule has 0 radical (unpaired) electrons. The summed E-state index contributed by atoms with van der Waals surface area (Å²) in [5.41, 5.74) is 1.68. The van der Waals surface area contributed by atoms with Crippen LogP contribution in [0.4, 0.5) is 11.4 Å². The molecule has 1 aromatic carbocycles. The predicted molar refractivity (Wildman–Crippen MR) is 75.0 cm³/mol. The summed E-state index contributed by atoms with van der Waals surface area (Å²) in [6, 6.07) is 5.53. The maximum atomic E-state index is 11.0. The van der Waals surface area contributed by atoms with Crippen LogP contribution in [0.1, 0.15) is 39.2 Å². The maximum absolute atomic E-state index is 11.0. The number of nitrogens with zero attached hydrogens (tertiary/aromatic N) is 1. The molecule has 0 aliphatic heterocycles. The number of hydrogen-bond acceptors (Lipinski definition) is 3. The van der Waals surface area contributed by atoms with Crippen LogP contribution in [-0.2, 0) is 0 Å². The van der Waals surface area contributed by atoms with Gasteiger partial charge in [0.1, 0.15) is 5.69 Å². The molecule has 1 rings (SSSR count). The smallest absolute Gasteiger partial charge is 0.292 e. The van der Waals surface area contributed by atoms with Crippen LogP contribution in [0.5, 0.6) is 0 Å². The molecule has 0 spiro atoms. The number of anilines is 1. The predicted octanol–water partition coefficient (Wildman–Crippen LogP) is 4.14. The molecular formula is C14H22N2O2. The maximum Gasteiger partial charge on any atom is 0.292 e. The lowest BCUT2D eigenvalue weighted by atomic mass is 10.00. The van der Waals surface area contributed by atoms with Crippen LogP contribution in [0.15, 0.2) is 18.2 Å². The Bertz CT molecular complexity index is 418. The van der Waals surface area contributed by atoms with Crippen LogP contribution >= 0.6 is 0 Å². The van der Waals surface area contributed by atoms with E-state index in [9.17, 15) is 10.1 Å². The van der Waals surface area contributed by atoms with E-state index in [1.54, 1.807) is 12.1 Å². The van der Waals surface area contributed by atoms with Crippen molar-refractivity contribution in [3.8, 4) is 0 Å². The van der Waals surface area contributed by atoms with Crippen molar-refractivity contribution in [3.05, 3.63) is 33.9 Å². The summed E-state index contributed by atoms with van der Waals surface area (Å²) < 4.78 is 0. The van der Waals surface area contributed by atoms with Crippen LogP contribution in [0.25, 0.3) is 0 Å². The number of nitro groups is 1. The second-order valence-electron chi connectivity index (χ2n) is 5.07. The zero-order valence-corrected chi connectivity index (χ0v) is 11.6. The first kappa shape index (κ1) is 14.5. The SMILES string of the molecule is CCC(C)CC(C)Nc1ccc(C)cc1[N+](=O)[O-]. The van der Waals surface area contributed by atoms with Gasteiger partial charge < -0.3 is 5.32 Å². The molecule has 2 unspecified atom stereocenters. The van der Waals surface area contributed by atoms with Crippen molar-refractivity contribution in [1.82, 2.24) is 0 Å². The molecule has 0 aliphatic carbocycles. The lowest BCUT2D eigenvalue weighted by Crippen LogP contribution is -2.19. The Morgan fingerprint density at radius 1 is 1.39 bits per heavy atom. The average Bonchev–Trinajstić information content (AvgIpc) is 2.30. The standard InChI is InChI=1S/C14H22N2O2/c1-5-10(2)8-12(4)15-13-7-6-11(3)9-14(13)16(17)18/h6-7,9-10,12,15H,5,8H2,1-4H3. The zero-order valence-electron chi connectivity index (χ0n) is 11.6. The van der Waals surface area contributed by atoms with Crippen LogP contribution in [0, 0.1) is 23.0 Å². The Morgan fingerprint density at radius 3 is 2.61 bits per heavy atom. The molecule has 0 amide bonds. The van der Waals surface area contributed by atoms with Gasteiger partial charge in [0.2, 0.25) is 0 Å². The monoisotopic (exact) mass is 250 g/mol. The summed E-state index contributed by atoms with van der Waals surface area (Å²) >= 11 is 0. The Morgan fingerprint density at radius 2 is 2.06 bits per heavy atom. The van der Waals surface area contributed by atoms with Gasteiger partial charge in [-0.3, -0.25) is 10.1 Å². The fourth-order valence-electron chi connectivity index (χ4n) is 2.01. The van der Waals surface area contributed by atoms with E-state index in [1.165, 1.54) is 0 Å². The van der Waals surface area contributed by atoms with E-state index in [0.29, 0.717) is 11.6 Å². The van der Waals surface area contributed by atoms with Gasteiger partial charge in [-0.15, -0.1) is 0 Å².